The third-order valence-electron chi connectivity index (χ3n) is 6.33. The summed E-state index contributed by atoms with van der Waals surface area (Å²) in [7, 11) is -3.49. The van der Waals surface area contributed by atoms with Gasteiger partial charge in [0.25, 0.3) is 0 Å². The number of amides is 1. The van der Waals surface area contributed by atoms with Crippen LogP contribution in [0.3, 0.4) is 0 Å². The standard InChI is InChI=1S/C24H31N3O3S/c1-19-8-10-22(11-9-19)31(29,30)25-17-20-5-4-14-26(18-20)15-13-24(28)27-16-12-21-6-2-3-7-23(21)27/h2-3,6-11,20,25H,4-5,12-18H2,1H3. The lowest BCUT2D eigenvalue weighted by Crippen LogP contribution is -2.42. The first kappa shape index (κ1) is 22.0. The second kappa shape index (κ2) is 9.51. The van der Waals surface area contributed by atoms with Crippen LogP contribution < -0.4 is 9.62 Å². The molecule has 0 radical (unpaired) electrons. The fourth-order valence-corrected chi connectivity index (χ4v) is 5.65. The molecule has 2 aromatic carbocycles. The van der Waals surface area contributed by atoms with Gasteiger partial charge < -0.3 is 9.80 Å². The van der Waals surface area contributed by atoms with Crippen LogP contribution in [0.25, 0.3) is 0 Å². The number of hydrogen-bond donors (Lipinski definition) is 1. The zero-order chi connectivity index (χ0) is 21.8. The van der Waals surface area contributed by atoms with Crippen LogP contribution in [-0.4, -0.2) is 51.9 Å². The van der Waals surface area contributed by atoms with Gasteiger partial charge in [-0.15, -0.1) is 0 Å². The Hall–Kier alpha value is -2.22. The molecule has 1 unspecified atom stereocenters. The molecule has 0 aromatic heterocycles. The number of likely N-dealkylation sites (tertiary alicyclic amines) is 1. The van der Waals surface area contributed by atoms with Crippen molar-refractivity contribution in [3.8, 4) is 0 Å². The molecule has 31 heavy (non-hydrogen) atoms. The number of benzene rings is 2. The van der Waals surface area contributed by atoms with E-state index in [-0.39, 0.29) is 11.8 Å². The molecule has 6 nitrogen and oxygen atoms in total. The highest BCUT2D eigenvalue weighted by molar-refractivity contribution is 7.89. The lowest BCUT2D eigenvalue weighted by Gasteiger charge is -2.33. The molecule has 1 amide bonds. The molecule has 4 rings (SSSR count). The Labute approximate surface area is 185 Å². The highest BCUT2D eigenvalue weighted by Gasteiger charge is 2.26. The van der Waals surface area contributed by atoms with Crippen molar-refractivity contribution < 1.29 is 13.2 Å². The topological polar surface area (TPSA) is 69.7 Å². The van der Waals surface area contributed by atoms with E-state index < -0.39 is 10.0 Å². The summed E-state index contributed by atoms with van der Waals surface area (Å²) in [6.45, 7) is 5.64. The molecule has 0 saturated carbocycles. The van der Waals surface area contributed by atoms with Gasteiger partial charge in [-0.05, 0) is 62.4 Å². The molecule has 2 aromatic rings. The van der Waals surface area contributed by atoms with Gasteiger partial charge in [0, 0.05) is 38.3 Å². The molecule has 1 atom stereocenters. The van der Waals surface area contributed by atoms with Crippen molar-refractivity contribution >= 4 is 21.6 Å². The molecule has 2 aliphatic heterocycles. The van der Waals surface area contributed by atoms with Crippen molar-refractivity contribution in [1.29, 1.82) is 0 Å². The summed E-state index contributed by atoms with van der Waals surface area (Å²) < 4.78 is 27.9. The first-order chi connectivity index (χ1) is 14.9. The molecule has 1 N–H and O–H groups in total. The number of para-hydroxylation sites is 1. The molecule has 2 aliphatic rings. The van der Waals surface area contributed by atoms with E-state index in [0.717, 1.165) is 56.7 Å². The molecule has 0 spiro atoms. The van der Waals surface area contributed by atoms with Crippen LogP contribution in [0.15, 0.2) is 53.4 Å². The number of rotatable bonds is 7. The van der Waals surface area contributed by atoms with E-state index in [2.05, 4.69) is 15.7 Å². The molecule has 0 aliphatic carbocycles. The molecule has 166 valence electrons. The van der Waals surface area contributed by atoms with Gasteiger partial charge >= 0.3 is 0 Å². The summed E-state index contributed by atoms with van der Waals surface area (Å²) in [6.07, 6.45) is 3.45. The Morgan fingerprint density at radius 3 is 2.68 bits per heavy atom. The minimum absolute atomic E-state index is 0.173. The van der Waals surface area contributed by atoms with E-state index in [0.29, 0.717) is 17.9 Å². The Kier molecular flexibility index (Phi) is 6.74. The second-order valence-electron chi connectivity index (χ2n) is 8.65. The van der Waals surface area contributed by atoms with E-state index in [1.54, 1.807) is 12.1 Å². The molecule has 1 fully saturated rings. The van der Waals surface area contributed by atoms with E-state index in [9.17, 15) is 13.2 Å². The molecular formula is C24H31N3O3S. The normalized spacial score (nSPS) is 19.4. The minimum Gasteiger partial charge on any atom is -0.312 e. The third kappa shape index (κ3) is 5.34. The SMILES string of the molecule is Cc1ccc(S(=O)(=O)NCC2CCCN(CCC(=O)N3CCc4ccccc43)C2)cc1. The zero-order valence-corrected chi connectivity index (χ0v) is 18.9. The number of piperidine rings is 1. The van der Waals surface area contributed by atoms with E-state index in [4.69, 9.17) is 0 Å². The smallest absolute Gasteiger partial charge is 0.240 e. The maximum Gasteiger partial charge on any atom is 0.240 e. The number of sulfonamides is 1. The average molecular weight is 442 g/mol. The van der Waals surface area contributed by atoms with Crippen LogP contribution in [0.4, 0.5) is 5.69 Å². The number of carbonyl (C=O) groups is 1. The summed E-state index contributed by atoms with van der Waals surface area (Å²) in [5.41, 5.74) is 3.33. The van der Waals surface area contributed by atoms with Crippen LogP contribution in [0.5, 0.6) is 0 Å². The van der Waals surface area contributed by atoms with Gasteiger partial charge in [-0.1, -0.05) is 35.9 Å². The summed E-state index contributed by atoms with van der Waals surface area (Å²) in [5.74, 6) is 0.434. The predicted molar refractivity (Wildman–Crippen MR) is 123 cm³/mol. The Balaban J connectivity index is 1.26. The van der Waals surface area contributed by atoms with Gasteiger partial charge in [-0.25, -0.2) is 13.1 Å². The van der Waals surface area contributed by atoms with Gasteiger partial charge in [0.15, 0.2) is 0 Å². The highest BCUT2D eigenvalue weighted by atomic mass is 32.2. The largest absolute Gasteiger partial charge is 0.312 e. The summed E-state index contributed by atoms with van der Waals surface area (Å²) in [4.78, 5) is 17.3. The van der Waals surface area contributed by atoms with Gasteiger partial charge in [0.2, 0.25) is 15.9 Å². The lowest BCUT2D eigenvalue weighted by atomic mass is 9.98. The highest BCUT2D eigenvalue weighted by Crippen LogP contribution is 2.28. The van der Waals surface area contributed by atoms with Gasteiger partial charge in [-0.2, -0.15) is 0 Å². The second-order valence-corrected chi connectivity index (χ2v) is 10.4. The monoisotopic (exact) mass is 441 g/mol. The van der Waals surface area contributed by atoms with Crippen molar-refractivity contribution in [2.24, 2.45) is 5.92 Å². The van der Waals surface area contributed by atoms with Gasteiger partial charge in [0.05, 0.1) is 4.90 Å². The average Bonchev–Trinajstić information content (AvgIpc) is 3.21. The van der Waals surface area contributed by atoms with Crippen molar-refractivity contribution in [3.63, 3.8) is 0 Å². The van der Waals surface area contributed by atoms with E-state index in [1.165, 1.54) is 5.56 Å². The van der Waals surface area contributed by atoms with Crippen LogP contribution in [0.1, 0.15) is 30.4 Å². The Bertz CT molecular complexity index is 1020. The first-order valence-electron chi connectivity index (χ1n) is 11.1. The summed E-state index contributed by atoms with van der Waals surface area (Å²) in [5, 5.41) is 0. The van der Waals surface area contributed by atoms with Crippen LogP contribution in [0.2, 0.25) is 0 Å². The third-order valence-corrected chi connectivity index (χ3v) is 7.77. The number of aryl methyl sites for hydroxylation is 1. The van der Waals surface area contributed by atoms with Gasteiger partial charge in [-0.3, -0.25) is 4.79 Å². The van der Waals surface area contributed by atoms with Crippen LogP contribution in [0, 0.1) is 12.8 Å². The maximum atomic E-state index is 12.8. The molecule has 1 saturated heterocycles. The number of nitrogens with one attached hydrogen (secondary N) is 1. The van der Waals surface area contributed by atoms with Crippen LogP contribution >= 0.6 is 0 Å². The minimum atomic E-state index is -3.49. The number of hydrogen-bond acceptors (Lipinski definition) is 4. The number of nitrogens with zero attached hydrogens (tertiary/aromatic N) is 2. The molecule has 2 heterocycles. The number of anilines is 1. The Morgan fingerprint density at radius 2 is 1.87 bits per heavy atom. The number of fused-ring (bicyclic) bond motifs is 1. The van der Waals surface area contributed by atoms with Gasteiger partial charge in [0.1, 0.15) is 0 Å². The Morgan fingerprint density at radius 1 is 1.10 bits per heavy atom. The molecular weight excluding hydrogens is 410 g/mol. The zero-order valence-electron chi connectivity index (χ0n) is 18.1. The van der Waals surface area contributed by atoms with Crippen molar-refractivity contribution in [2.75, 3.05) is 37.6 Å². The summed E-state index contributed by atoms with van der Waals surface area (Å²) >= 11 is 0. The van der Waals surface area contributed by atoms with Crippen molar-refractivity contribution in [1.82, 2.24) is 9.62 Å². The fourth-order valence-electron chi connectivity index (χ4n) is 4.54. The maximum absolute atomic E-state index is 12.8. The van der Waals surface area contributed by atoms with E-state index in [1.807, 2.05) is 42.2 Å². The predicted octanol–water partition coefficient (Wildman–Crippen LogP) is 2.96. The van der Waals surface area contributed by atoms with E-state index >= 15 is 0 Å². The van der Waals surface area contributed by atoms with Crippen LogP contribution in [-0.2, 0) is 21.2 Å². The van der Waals surface area contributed by atoms with Crippen molar-refractivity contribution in [3.05, 3.63) is 59.7 Å². The fraction of sp³-hybridized carbons (Fsp3) is 0.458. The molecule has 0 bridgehead atoms. The molecule has 7 heteroatoms. The number of carbonyl (C=O) groups excluding carboxylic acids is 1. The quantitative estimate of drug-likeness (QED) is 0.717. The summed E-state index contributed by atoms with van der Waals surface area (Å²) in [6, 6.07) is 15.0. The lowest BCUT2D eigenvalue weighted by molar-refractivity contribution is -0.118. The van der Waals surface area contributed by atoms with Crippen molar-refractivity contribution in [2.45, 2.75) is 37.5 Å². The first-order valence-corrected chi connectivity index (χ1v) is 12.6.